The van der Waals surface area contributed by atoms with Crippen LogP contribution in [0.1, 0.15) is 60.3 Å². The number of amides is 3. The first-order valence-corrected chi connectivity index (χ1v) is 10.9. The Labute approximate surface area is 175 Å². The zero-order valence-electron chi connectivity index (χ0n) is 18.8. The van der Waals surface area contributed by atoms with Crippen molar-refractivity contribution in [1.29, 1.82) is 0 Å². The number of nitrogens with zero attached hydrogens (tertiary/aromatic N) is 2. The van der Waals surface area contributed by atoms with Crippen LogP contribution in [0.15, 0.2) is 0 Å². The van der Waals surface area contributed by atoms with Gasteiger partial charge in [-0.2, -0.15) is 0 Å². The van der Waals surface area contributed by atoms with E-state index in [0.717, 1.165) is 12.8 Å². The number of likely N-dealkylation sites (tertiary alicyclic amines) is 1. The van der Waals surface area contributed by atoms with Crippen molar-refractivity contribution in [2.45, 2.75) is 78.4 Å². The third-order valence-electron chi connectivity index (χ3n) is 5.37. The molecule has 1 fully saturated rings. The Morgan fingerprint density at radius 1 is 1.14 bits per heavy atom. The maximum absolute atomic E-state index is 13.3. The van der Waals surface area contributed by atoms with Crippen molar-refractivity contribution in [1.82, 2.24) is 15.1 Å². The summed E-state index contributed by atoms with van der Waals surface area (Å²) in [4.78, 5) is 41.0. The van der Waals surface area contributed by atoms with Crippen molar-refractivity contribution in [3.63, 3.8) is 0 Å². The summed E-state index contributed by atoms with van der Waals surface area (Å²) in [5, 5.41) is 2.90. The Kier molecular flexibility index (Phi) is 10.6. The Bertz CT molecular complexity index is 552. The monoisotopic (exact) mass is 411 g/mol. The summed E-state index contributed by atoms with van der Waals surface area (Å²) in [6, 6.07) is -1.09. The van der Waals surface area contributed by atoms with E-state index < -0.39 is 12.1 Å². The summed E-state index contributed by atoms with van der Waals surface area (Å²) in [6.45, 7) is 12.2. The second-order valence-corrected chi connectivity index (χ2v) is 9.04. The van der Waals surface area contributed by atoms with Crippen molar-refractivity contribution in [3.8, 4) is 0 Å². The maximum atomic E-state index is 13.3. The Morgan fingerprint density at radius 3 is 2.28 bits per heavy atom. The van der Waals surface area contributed by atoms with Gasteiger partial charge in [-0.3, -0.25) is 19.3 Å². The molecule has 1 rings (SSSR count). The molecule has 1 heterocycles. The highest BCUT2D eigenvalue weighted by Gasteiger charge is 2.33. The normalized spacial score (nSPS) is 19.5. The van der Waals surface area contributed by atoms with Gasteiger partial charge in [0, 0.05) is 19.1 Å². The molecule has 168 valence electrons. The first kappa shape index (κ1) is 25.4. The molecule has 0 aliphatic carbocycles. The lowest BCUT2D eigenvalue weighted by molar-refractivity contribution is -0.139. The molecular formula is C21H41N5O3. The molecule has 3 amide bonds. The fourth-order valence-electron chi connectivity index (χ4n) is 3.96. The van der Waals surface area contributed by atoms with Gasteiger partial charge in [-0.05, 0) is 44.1 Å². The molecule has 0 aromatic carbocycles. The highest BCUT2D eigenvalue weighted by molar-refractivity contribution is 5.89. The fourth-order valence-corrected chi connectivity index (χ4v) is 3.96. The summed E-state index contributed by atoms with van der Waals surface area (Å²) in [7, 11) is 0. The summed E-state index contributed by atoms with van der Waals surface area (Å²) in [5.41, 5.74) is 11.4. The summed E-state index contributed by atoms with van der Waals surface area (Å²) < 4.78 is 0. The number of hydrogen-bond donors (Lipinski definition) is 3. The average molecular weight is 412 g/mol. The number of likely N-dealkylation sites (N-methyl/N-ethyl adjacent to an activating group) is 1. The van der Waals surface area contributed by atoms with Gasteiger partial charge >= 0.3 is 0 Å². The van der Waals surface area contributed by atoms with E-state index in [4.69, 9.17) is 11.5 Å². The number of nitrogens with two attached hydrogens (primary N) is 2. The third kappa shape index (κ3) is 8.70. The second kappa shape index (κ2) is 12.1. The zero-order valence-corrected chi connectivity index (χ0v) is 18.8. The molecule has 0 spiro atoms. The van der Waals surface area contributed by atoms with Crippen LogP contribution >= 0.6 is 0 Å². The van der Waals surface area contributed by atoms with Gasteiger partial charge in [0.1, 0.15) is 6.04 Å². The number of primary amides is 1. The Hall–Kier alpha value is -1.67. The topological polar surface area (TPSA) is 122 Å². The highest BCUT2D eigenvalue weighted by atomic mass is 16.2. The number of carbonyl (C=O) groups excluding carboxylic acids is 3. The van der Waals surface area contributed by atoms with E-state index in [0.29, 0.717) is 38.4 Å². The van der Waals surface area contributed by atoms with E-state index in [2.05, 4.69) is 5.32 Å². The van der Waals surface area contributed by atoms with E-state index in [1.807, 2.05) is 44.4 Å². The van der Waals surface area contributed by atoms with Gasteiger partial charge in [-0.1, -0.05) is 34.6 Å². The molecule has 3 atom stereocenters. The van der Waals surface area contributed by atoms with Crippen molar-refractivity contribution >= 4 is 17.7 Å². The average Bonchev–Trinajstić information content (AvgIpc) is 2.63. The van der Waals surface area contributed by atoms with Crippen molar-refractivity contribution < 1.29 is 14.4 Å². The van der Waals surface area contributed by atoms with Crippen LogP contribution in [0.4, 0.5) is 0 Å². The van der Waals surface area contributed by atoms with E-state index in [-0.39, 0.29) is 36.2 Å². The number of carbonyl (C=O) groups is 3. The van der Waals surface area contributed by atoms with Crippen molar-refractivity contribution in [2.24, 2.45) is 23.3 Å². The minimum absolute atomic E-state index is 0.0661. The molecule has 0 aromatic rings. The first-order chi connectivity index (χ1) is 13.5. The predicted octanol–water partition coefficient (Wildman–Crippen LogP) is 0.689. The molecule has 0 saturated carbocycles. The van der Waals surface area contributed by atoms with E-state index >= 15 is 0 Å². The quantitative estimate of drug-likeness (QED) is 0.462. The van der Waals surface area contributed by atoms with Crippen LogP contribution in [0.3, 0.4) is 0 Å². The van der Waals surface area contributed by atoms with Gasteiger partial charge in [0.15, 0.2) is 0 Å². The van der Waals surface area contributed by atoms with Gasteiger partial charge < -0.3 is 21.7 Å². The van der Waals surface area contributed by atoms with Crippen LogP contribution in [-0.2, 0) is 14.4 Å². The third-order valence-corrected chi connectivity index (χ3v) is 5.37. The SMILES string of the molecule is CCN(CC(N)=O)[C@@H]1CCCN(C(=O)[C@H](CC(C)C)NC(=O)[C@@H](N)CC(C)C)C1. The van der Waals surface area contributed by atoms with Crippen LogP contribution in [0, 0.1) is 11.8 Å². The predicted molar refractivity (Wildman–Crippen MR) is 115 cm³/mol. The molecule has 0 bridgehead atoms. The largest absolute Gasteiger partial charge is 0.369 e. The molecule has 0 unspecified atom stereocenters. The maximum Gasteiger partial charge on any atom is 0.245 e. The van der Waals surface area contributed by atoms with Gasteiger partial charge in [0.2, 0.25) is 17.7 Å². The molecule has 0 aromatic heterocycles. The summed E-state index contributed by atoms with van der Waals surface area (Å²) >= 11 is 0. The molecule has 0 radical (unpaired) electrons. The van der Waals surface area contributed by atoms with Gasteiger partial charge in [-0.25, -0.2) is 0 Å². The zero-order chi connectivity index (χ0) is 22.1. The number of rotatable bonds is 11. The minimum atomic E-state index is -0.613. The Morgan fingerprint density at radius 2 is 1.76 bits per heavy atom. The van der Waals surface area contributed by atoms with Gasteiger partial charge in [0.25, 0.3) is 0 Å². The minimum Gasteiger partial charge on any atom is -0.369 e. The summed E-state index contributed by atoms with van der Waals surface area (Å²) in [5.74, 6) is -0.130. The molecule has 5 N–H and O–H groups in total. The standard InChI is InChI=1S/C21H41N5O3/c1-6-25(13-19(23)27)16-8-7-9-26(12-16)21(29)18(11-15(4)5)24-20(28)17(22)10-14(2)3/h14-18H,6-13,22H2,1-5H3,(H2,23,27)(H,24,28)/t16-,17+,18+/m1/s1. The molecule has 8 heteroatoms. The Balaban J connectivity index is 2.84. The summed E-state index contributed by atoms with van der Waals surface area (Å²) in [6.07, 6.45) is 2.93. The van der Waals surface area contributed by atoms with Crippen LogP contribution in [0.25, 0.3) is 0 Å². The van der Waals surface area contributed by atoms with Crippen LogP contribution in [-0.4, -0.2) is 71.8 Å². The lowest BCUT2D eigenvalue weighted by Gasteiger charge is -2.40. The molecule has 1 aliphatic rings. The van der Waals surface area contributed by atoms with Crippen molar-refractivity contribution in [3.05, 3.63) is 0 Å². The van der Waals surface area contributed by atoms with Gasteiger partial charge in [0.05, 0.1) is 12.6 Å². The smallest absolute Gasteiger partial charge is 0.245 e. The number of hydrogen-bond acceptors (Lipinski definition) is 5. The van der Waals surface area contributed by atoms with Crippen LogP contribution < -0.4 is 16.8 Å². The van der Waals surface area contributed by atoms with Crippen LogP contribution in [0.2, 0.25) is 0 Å². The van der Waals surface area contributed by atoms with E-state index in [1.54, 1.807) is 0 Å². The van der Waals surface area contributed by atoms with Crippen molar-refractivity contribution in [2.75, 3.05) is 26.2 Å². The van der Waals surface area contributed by atoms with E-state index in [9.17, 15) is 14.4 Å². The first-order valence-electron chi connectivity index (χ1n) is 10.9. The fraction of sp³-hybridized carbons (Fsp3) is 0.857. The van der Waals surface area contributed by atoms with Gasteiger partial charge in [-0.15, -0.1) is 0 Å². The number of piperidine rings is 1. The van der Waals surface area contributed by atoms with E-state index in [1.165, 1.54) is 0 Å². The molecule has 29 heavy (non-hydrogen) atoms. The highest BCUT2D eigenvalue weighted by Crippen LogP contribution is 2.18. The lowest BCUT2D eigenvalue weighted by Crippen LogP contribution is -2.57. The number of nitrogens with one attached hydrogen (secondary N) is 1. The molecule has 1 aliphatic heterocycles. The molecule has 8 nitrogen and oxygen atoms in total. The lowest BCUT2D eigenvalue weighted by atomic mass is 9.98. The van der Waals surface area contributed by atoms with Crippen LogP contribution in [0.5, 0.6) is 0 Å². The second-order valence-electron chi connectivity index (χ2n) is 9.04. The molecular weight excluding hydrogens is 370 g/mol. The molecule has 1 saturated heterocycles.